The van der Waals surface area contributed by atoms with Crippen LogP contribution in [0.1, 0.15) is 40.0 Å². The average molecular weight is 295 g/mol. The van der Waals surface area contributed by atoms with Gasteiger partial charge in [-0.25, -0.2) is 0 Å². The fourth-order valence-electron chi connectivity index (χ4n) is 3.29. The summed E-state index contributed by atoms with van der Waals surface area (Å²) in [4.78, 5) is 13.7. The second-order valence-electron chi connectivity index (χ2n) is 5.84. The van der Waals surface area contributed by atoms with Crippen molar-refractivity contribution in [2.24, 2.45) is 10.8 Å². The van der Waals surface area contributed by atoms with E-state index in [4.69, 9.17) is 0 Å². The Kier molecular flexibility index (Phi) is 3.19. The summed E-state index contributed by atoms with van der Waals surface area (Å²) >= 11 is 3.39. The topological polar surface area (TPSA) is 17.1 Å². The van der Waals surface area contributed by atoms with Gasteiger partial charge in [0.1, 0.15) is 0 Å². The second-order valence-corrected chi connectivity index (χ2v) is 6.30. The molecule has 0 radical (unpaired) electrons. The predicted octanol–water partition coefficient (Wildman–Crippen LogP) is 4.55. The molecule has 0 aliphatic heterocycles. The lowest BCUT2D eigenvalue weighted by atomic mass is 9.54. The van der Waals surface area contributed by atoms with Gasteiger partial charge in [-0.15, -0.1) is 0 Å². The normalized spacial score (nSPS) is 34.2. The molecule has 0 fully saturated rings. The molecule has 1 unspecified atom stereocenters. The van der Waals surface area contributed by atoms with Crippen molar-refractivity contribution in [2.75, 3.05) is 0 Å². The van der Waals surface area contributed by atoms with E-state index in [9.17, 15) is 4.79 Å². The van der Waals surface area contributed by atoms with Crippen LogP contribution in [0.5, 0.6) is 0 Å². The van der Waals surface area contributed by atoms with Gasteiger partial charge >= 0.3 is 0 Å². The molecule has 17 heavy (non-hydrogen) atoms. The van der Waals surface area contributed by atoms with E-state index >= 15 is 0 Å². The molecule has 2 aliphatic rings. The van der Waals surface area contributed by atoms with Gasteiger partial charge in [-0.05, 0) is 41.8 Å². The Bertz CT molecular complexity index is 440. The first-order valence-corrected chi connectivity index (χ1v) is 7.03. The predicted molar refractivity (Wildman–Crippen MR) is 75.0 cm³/mol. The Morgan fingerprint density at radius 3 is 2.59 bits per heavy atom. The van der Waals surface area contributed by atoms with Gasteiger partial charge in [0.2, 0.25) is 0 Å². The maximum absolute atomic E-state index is 11.7. The third kappa shape index (κ3) is 1.97. The second kappa shape index (κ2) is 4.24. The maximum Gasteiger partial charge on any atom is 0.156 e. The van der Waals surface area contributed by atoms with Crippen LogP contribution in [0.15, 0.2) is 34.4 Å². The summed E-state index contributed by atoms with van der Waals surface area (Å²) in [6.07, 6.45) is 9.18. The fourth-order valence-corrected chi connectivity index (χ4v) is 3.67. The summed E-state index contributed by atoms with van der Waals surface area (Å²) in [6, 6.07) is 0. The van der Waals surface area contributed by atoms with Crippen molar-refractivity contribution in [1.82, 2.24) is 0 Å². The summed E-state index contributed by atoms with van der Waals surface area (Å²) in [7, 11) is 0. The van der Waals surface area contributed by atoms with Crippen molar-refractivity contribution in [3.63, 3.8) is 0 Å². The number of carbonyl (C=O) groups is 1. The van der Waals surface area contributed by atoms with E-state index in [1.165, 1.54) is 11.1 Å². The summed E-state index contributed by atoms with van der Waals surface area (Å²) < 4.78 is 0. The van der Waals surface area contributed by atoms with E-state index in [0.29, 0.717) is 6.42 Å². The number of halogens is 1. The summed E-state index contributed by atoms with van der Waals surface area (Å²) in [5.41, 5.74) is 2.65. The van der Waals surface area contributed by atoms with E-state index in [0.717, 1.165) is 12.8 Å². The van der Waals surface area contributed by atoms with Crippen LogP contribution >= 0.6 is 15.9 Å². The zero-order valence-corrected chi connectivity index (χ0v) is 12.3. The van der Waals surface area contributed by atoms with Crippen molar-refractivity contribution in [1.29, 1.82) is 0 Å². The van der Waals surface area contributed by atoms with E-state index in [1.807, 2.05) is 11.1 Å². The highest BCUT2D eigenvalue weighted by atomic mass is 79.9. The molecule has 1 nitrogen and oxygen atoms in total. The van der Waals surface area contributed by atoms with Gasteiger partial charge in [0.15, 0.2) is 5.78 Å². The molecule has 0 bridgehead atoms. The van der Waals surface area contributed by atoms with Crippen LogP contribution in [0, 0.1) is 10.8 Å². The van der Waals surface area contributed by atoms with Gasteiger partial charge in [-0.3, -0.25) is 4.79 Å². The lowest BCUT2D eigenvalue weighted by Crippen LogP contribution is -2.43. The lowest BCUT2D eigenvalue weighted by Gasteiger charge is -2.50. The SMILES string of the molecule is CC1=CC(=O)CC(C)(C)C12C=C/C(=C\Br)CC2. The molecule has 92 valence electrons. The molecule has 0 aromatic rings. The van der Waals surface area contributed by atoms with Crippen LogP contribution in [-0.4, -0.2) is 5.78 Å². The van der Waals surface area contributed by atoms with E-state index < -0.39 is 0 Å². The zero-order chi connectivity index (χ0) is 12.7. The minimum absolute atomic E-state index is 0.0251. The fraction of sp³-hybridized carbons (Fsp3) is 0.533. The van der Waals surface area contributed by atoms with Crippen molar-refractivity contribution in [3.8, 4) is 0 Å². The van der Waals surface area contributed by atoms with Crippen LogP contribution in [0.2, 0.25) is 0 Å². The van der Waals surface area contributed by atoms with Crippen molar-refractivity contribution >= 4 is 21.7 Å². The summed E-state index contributed by atoms with van der Waals surface area (Å²) in [5, 5.41) is 0. The van der Waals surface area contributed by atoms with Crippen molar-refractivity contribution < 1.29 is 4.79 Å². The zero-order valence-electron chi connectivity index (χ0n) is 10.7. The van der Waals surface area contributed by atoms with Crippen molar-refractivity contribution in [3.05, 3.63) is 34.4 Å². The Balaban J connectivity index is 2.49. The Morgan fingerprint density at radius 2 is 2.12 bits per heavy atom. The largest absolute Gasteiger partial charge is 0.295 e. The number of hydrogen-bond donors (Lipinski definition) is 0. The molecular weight excluding hydrogens is 276 g/mol. The van der Waals surface area contributed by atoms with Gasteiger partial charge < -0.3 is 0 Å². The molecule has 0 saturated heterocycles. The standard InChI is InChI=1S/C15H19BrO/c1-11-8-13(17)9-14(2,3)15(11)6-4-12(10-16)5-7-15/h4,6,8,10H,5,7,9H2,1-3H3/b12-10+. The Labute approximate surface area is 112 Å². The molecule has 1 atom stereocenters. The number of ketones is 1. The number of rotatable bonds is 0. The van der Waals surface area contributed by atoms with E-state index in [1.54, 1.807) is 0 Å². The van der Waals surface area contributed by atoms with E-state index in [2.05, 4.69) is 48.9 Å². The molecule has 0 N–H and O–H groups in total. The molecule has 2 aliphatic carbocycles. The third-order valence-electron chi connectivity index (χ3n) is 4.44. The van der Waals surface area contributed by atoms with Gasteiger partial charge in [0, 0.05) is 11.8 Å². The van der Waals surface area contributed by atoms with Crippen molar-refractivity contribution in [2.45, 2.75) is 40.0 Å². The van der Waals surface area contributed by atoms with E-state index in [-0.39, 0.29) is 16.6 Å². The van der Waals surface area contributed by atoms with Gasteiger partial charge in [0.05, 0.1) is 0 Å². The molecule has 0 amide bonds. The first kappa shape index (κ1) is 12.8. The maximum atomic E-state index is 11.7. The highest BCUT2D eigenvalue weighted by Gasteiger charge is 2.48. The first-order chi connectivity index (χ1) is 7.91. The summed E-state index contributed by atoms with van der Waals surface area (Å²) in [6.45, 7) is 6.54. The molecule has 2 heteroatoms. The monoisotopic (exact) mass is 294 g/mol. The molecular formula is C15H19BrO. The molecule has 0 aromatic carbocycles. The summed E-state index contributed by atoms with van der Waals surface area (Å²) in [5.74, 6) is 0.272. The molecule has 0 saturated carbocycles. The van der Waals surface area contributed by atoms with Crippen LogP contribution < -0.4 is 0 Å². The number of carbonyl (C=O) groups excluding carboxylic acids is 1. The highest BCUT2D eigenvalue weighted by Crippen LogP contribution is 2.56. The number of hydrogen-bond acceptors (Lipinski definition) is 1. The van der Waals surface area contributed by atoms with Crippen LogP contribution in [0.3, 0.4) is 0 Å². The smallest absolute Gasteiger partial charge is 0.156 e. The lowest BCUT2D eigenvalue weighted by molar-refractivity contribution is -0.118. The molecule has 0 heterocycles. The molecule has 0 aromatic heterocycles. The quantitative estimate of drug-likeness (QED) is 0.641. The minimum atomic E-state index is 0.0251. The Morgan fingerprint density at radius 1 is 1.41 bits per heavy atom. The van der Waals surface area contributed by atoms with Gasteiger partial charge in [-0.1, -0.05) is 47.5 Å². The van der Waals surface area contributed by atoms with Gasteiger partial charge in [0.25, 0.3) is 0 Å². The number of allylic oxidation sites excluding steroid dienone is 5. The van der Waals surface area contributed by atoms with Crippen LogP contribution in [0.4, 0.5) is 0 Å². The van der Waals surface area contributed by atoms with Gasteiger partial charge in [-0.2, -0.15) is 0 Å². The highest BCUT2D eigenvalue weighted by molar-refractivity contribution is 9.11. The molecule has 2 rings (SSSR count). The Hall–Kier alpha value is -0.630. The van der Waals surface area contributed by atoms with Crippen LogP contribution in [-0.2, 0) is 4.79 Å². The first-order valence-electron chi connectivity index (χ1n) is 6.11. The minimum Gasteiger partial charge on any atom is -0.295 e. The van der Waals surface area contributed by atoms with Crippen LogP contribution in [0.25, 0.3) is 0 Å². The third-order valence-corrected chi connectivity index (χ3v) is 5.02. The average Bonchev–Trinajstić information content (AvgIpc) is 2.26. The molecule has 1 spiro atoms.